The summed E-state index contributed by atoms with van der Waals surface area (Å²) in [6.07, 6.45) is 0.541. The van der Waals surface area contributed by atoms with Crippen molar-refractivity contribution in [3.8, 4) is 11.4 Å². The van der Waals surface area contributed by atoms with Crippen LogP contribution in [0.3, 0.4) is 0 Å². The number of ether oxygens (including phenoxy) is 1. The molecule has 0 saturated heterocycles. The highest BCUT2D eigenvalue weighted by Crippen LogP contribution is 2.46. The largest absolute Gasteiger partial charge is 0.458 e. The van der Waals surface area contributed by atoms with Gasteiger partial charge in [0.05, 0.1) is 29.0 Å². The van der Waals surface area contributed by atoms with Crippen molar-refractivity contribution in [2.45, 2.75) is 63.9 Å². The Morgan fingerprint density at radius 3 is 2.73 bits per heavy atom. The van der Waals surface area contributed by atoms with E-state index in [1.54, 1.807) is 19.9 Å². The molecule has 3 aliphatic rings. The number of aromatic nitrogens is 2. The first-order valence-electron chi connectivity index (χ1n) is 14.4. The number of esters is 1. The Balaban J connectivity index is 1.40. The molecule has 2 aromatic heterocycles. The molecule has 4 heterocycles. The molecule has 7 rings (SSSR count). The van der Waals surface area contributed by atoms with Crippen LogP contribution in [0.4, 0.5) is 8.78 Å². The lowest BCUT2D eigenvalue weighted by atomic mass is 9.78. The van der Waals surface area contributed by atoms with Crippen molar-refractivity contribution in [2.24, 2.45) is 4.99 Å². The summed E-state index contributed by atoms with van der Waals surface area (Å²) in [5.41, 5.74) is 1.51. The van der Waals surface area contributed by atoms with Crippen molar-refractivity contribution in [2.75, 3.05) is 0 Å². The van der Waals surface area contributed by atoms with Gasteiger partial charge in [-0.1, -0.05) is 25.1 Å². The number of amides is 1. The Morgan fingerprint density at radius 1 is 1.20 bits per heavy atom. The van der Waals surface area contributed by atoms with Crippen molar-refractivity contribution in [3.05, 3.63) is 97.3 Å². The van der Waals surface area contributed by atoms with Gasteiger partial charge in [-0.2, -0.15) is 0 Å². The number of carbonyl (C=O) groups is 2. The van der Waals surface area contributed by atoms with Gasteiger partial charge in [0.2, 0.25) is 0 Å². The zero-order valence-corrected chi connectivity index (χ0v) is 23.9. The molecule has 0 bridgehead atoms. The predicted octanol–water partition coefficient (Wildman–Crippen LogP) is 4.03. The first-order valence-corrected chi connectivity index (χ1v) is 14.4. The lowest BCUT2D eigenvalue weighted by molar-refractivity contribution is -0.172. The van der Waals surface area contributed by atoms with E-state index in [1.165, 1.54) is 35.0 Å². The van der Waals surface area contributed by atoms with Crippen LogP contribution in [0.25, 0.3) is 22.3 Å². The number of aryl methyl sites for hydroxylation is 1. The molecule has 3 atom stereocenters. The average Bonchev–Trinajstić information content (AvgIpc) is 3.39. The minimum atomic E-state index is -2.00. The summed E-state index contributed by atoms with van der Waals surface area (Å²) >= 11 is 0. The van der Waals surface area contributed by atoms with Crippen LogP contribution >= 0.6 is 0 Å². The summed E-state index contributed by atoms with van der Waals surface area (Å²) in [7, 11) is 0. The van der Waals surface area contributed by atoms with Crippen LogP contribution in [-0.2, 0) is 39.5 Å². The fraction of sp³-hybridized carbons (Fsp3) is 0.303. The Hall–Kier alpha value is -4.61. The minimum absolute atomic E-state index is 0.00979. The third kappa shape index (κ3) is 3.92. The van der Waals surface area contributed by atoms with Crippen LogP contribution < -0.4 is 5.56 Å². The molecule has 11 heteroatoms. The summed E-state index contributed by atoms with van der Waals surface area (Å²) in [5.74, 6) is -3.40. The van der Waals surface area contributed by atoms with Gasteiger partial charge >= 0.3 is 5.97 Å². The van der Waals surface area contributed by atoms with E-state index in [0.29, 0.717) is 46.3 Å². The topological polar surface area (TPSA) is 131 Å². The molecule has 224 valence electrons. The van der Waals surface area contributed by atoms with Gasteiger partial charge < -0.3 is 19.5 Å². The molecule has 44 heavy (non-hydrogen) atoms. The van der Waals surface area contributed by atoms with Crippen LogP contribution in [0.5, 0.6) is 0 Å². The molecule has 0 radical (unpaired) electrons. The molecule has 9 nitrogen and oxygen atoms in total. The van der Waals surface area contributed by atoms with Gasteiger partial charge in [-0.25, -0.2) is 23.6 Å². The molecule has 4 aromatic rings. The van der Waals surface area contributed by atoms with Gasteiger partial charge in [0.1, 0.15) is 18.2 Å². The van der Waals surface area contributed by atoms with Gasteiger partial charge in [0.25, 0.3) is 11.5 Å². The van der Waals surface area contributed by atoms with Crippen LogP contribution in [0, 0.1) is 18.6 Å². The standard InChI is InChI=1S/C33H27F2N3O6/c1-3-33(43)21-10-25-28-19(13-38(25)31(41)20(21)14-44-32(33)42)26-16(8-9-17-15(2)23(35)11-24(37-28)27(17)26)12-36-30(40)29(39)18-6-4-5-7-22(18)34/h4-7,10-12,16,29,39,43H,3,8-9,13-14H2,1-2H3/t16?,29?,33-/m0/s1. The molecule has 2 aromatic carbocycles. The minimum Gasteiger partial charge on any atom is -0.458 e. The predicted molar refractivity (Wildman–Crippen MR) is 155 cm³/mol. The van der Waals surface area contributed by atoms with Crippen molar-refractivity contribution in [3.63, 3.8) is 0 Å². The molecular weight excluding hydrogens is 572 g/mol. The van der Waals surface area contributed by atoms with Gasteiger partial charge in [0.15, 0.2) is 11.7 Å². The lowest BCUT2D eigenvalue weighted by Gasteiger charge is -2.31. The van der Waals surface area contributed by atoms with Gasteiger partial charge in [-0.05, 0) is 55.0 Å². The number of hydrogen-bond donors (Lipinski definition) is 2. The molecular formula is C33H27F2N3O6. The number of aliphatic imine (C=N–C) groups is 1. The number of cyclic esters (lactones) is 1. The van der Waals surface area contributed by atoms with Gasteiger partial charge in [-0.15, -0.1) is 0 Å². The molecule has 1 amide bonds. The molecule has 2 aliphatic heterocycles. The van der Waals surface area contributed by atoms with Gasteiger partial charge in [-0.3, -0.25) is 9.59 Å². The fourth-order valence-corrected chi connectivity index (χ4v) is 6.80. The van der Waals surface area contributed by atoms with E-state index in [4.69, 9.17) is 9.72 Å². The average molecular weight is 600 g/mol. The van der Waals surface area contributed by atoms with Crippen LogP contribution in [-0.4, -0.2) is 37.9 Å². The smallest absolute Gasteiger partial charge is 0.343 e. The zero-order valence-electron chi connectivity index (χ0n) is 23.9. The number of rotatable bonds is 4. The second-order valence-corrected chi connectivity index (χ2v) is 11.5. The molecule has 2 N–H and O–H groups in total. The van der Waals surface area contributed by atoms with Crippen molar-refractivity contribution in [1.82, 2.24) is 9.55 Å². The highest BCUT2D eigenvalue weighted by atomic mass is 19.1. The van der Waals surface area contributed by atoms with E-state index in [0.717, 1.165) is 17.2 Å². The second-order valence-electron chi connectivity index (χ2n) is 11.5. The number of nitrogens with zero attached hydrogens (tertiary/aromatic N) is 3. The monoisotopic (exact) mass is 599 g/mol. The second kappa shape index (κ2) is 9.96. The Morgan fingerprint density at radius 2 is 1.98 bits per heavy atom. The number of carbonyl (C=O) groups excluding carboxylic acids is 2. The van der Waals surface area contributed by atoms with Gasteiger partial charge in [0, 0.05) is 40.3 Å². The van der Waals surface area contributed by atoms with Crippen LogP contribution in [0.1, 0.15) is 70.7 Å². The van der Waals surface area contributed by atoms with E-state index in [1.807, 2.05) is 0 Å². The molecule has 2 unspecified atom stereocenters. The van der Waals surface area contributed by atoms with Crippen LogP contribution in [0.2, 0.25) is 0 Å². The summed E-state index contributed by atoms with van der Waals surface area (Å²) in [6.45, 7) is 3.15. The Bertz CT molecular complexity index is 2040. The van der Waals surface area contributed by atoms with E-state index >= 15 is 4.39 Å². The van der Waals surface area contributed by atoms with Crippen molar-refractivity contribution in [1.29, 1.82) is 0 Å². The van der Waals surface area contributed by atoms with Crippen LogP contribution in [0.15, 0.2) is 46.2 Å². The number of fused-ring (bicyclic) bond motifs is 5. The summed E-state index contributed by atoms with van der Waals surface area (Å²) in [5, 5.41) is 22.4. The maximum atomic E-state index is 15.1. The van der Waals surface area contributed by atoms with E-state index in [2.05, 4.69) is 4.99 Å². The molecule has 0 fully saturated rings. The first kappa shape index (κ1) is 28.2. The maximum absolute atomic E-state index is 15.1. The molecule has 0 saturated carbocycles. The third-order valence-corrected chi connectivity index (χ3v) is 9.24. The highest BCUT2D eigenvalue weighted by Gasteiger charge is 2.46. The number of aliphatic hydroxyl groups excluding tert-OH is 1. The number of hydrogen-bond acceptors (Lipinski definition) is 7. The Labute approximate surface area is 249 Å². The quantitative estimate of drug-likeness (QED) is 0.236. The normalized spacial score (nSPS) is 20.8. The summed E-state index contributed by atoms with van der Waals surface area (Å²) < 4.78 is 36.0. The van der Waals surface area contributed by atoms with Crippen molar-refractivity contribution < 1.29 is 33.3 Å². The summed E-state index contributed by atoms with van der Waals surface area (Å²) in [6, 6.07) is 8.34. The summed E-state index contributed by atoms with van der Waals surface area (Å²) in [4.78, 5) is 48.0. The Kier molecular flexibility index (Phi) is 6.38. The number of halogens is 2. The molecule has 0 spiro atoms. The number of benzene rings is 2. The highest BCUT2D eigenvalue weighted by molar-refractivity contribution is 5.98. The SMILES string of the molecule is CC[C@@]1(O)C(=O)OCc2c1cc1n(c2=O)Cc2c-1nc1cc(F)c(C)c3c1c2C(C=NC(=O)C(O)c1ccccc1F)CC3. The van der Waals surface area contributed by atoms with Crippen molar-refractivity contribution >= 4 is 29.0 Å². The lowest BCUT2D eigenvalue weighted by Crippen LogP contribution is -2.44. The fourth-order valence-electron chi connectivity index (χ4n) is 6.80. The zero-order chi connectivity index (χ0) is 31.1. The number of pyridine rings is 2. The maximum Gasteiger partial charge on any atom is 0.343 e. The number of aliphatic hydroxyl groups is 2. The third-order valence-electron chi connectivity index (χ3n) is 9.24. The first-order chi connectivity index (χ1) is 21.0. The van der Waals surface area contributed by atoms with E-state index in [-0.39, 0.29) is 36.3 Å². The molecule has 1 aliphatic carbocycles. The van der Waals surface area contributed by atoms with E-state index < -0.39 is 46.7 Å². The van der Waals surface area contributed by atoms with E-state index in [9.17, 15) is 29.0 Å².